The molecule has 0 fully saturated rings. The average Bonchev–Trinajstić information content (AvgIpc) is 2.87. The lowest BCUT2D eigenvalue weighted by Crippen LogP contribution is -2.08. The molecule has 6 heteroatoms. The zero-order valence-corrected chi connectivity index (χ0v) is 19.5. The maximum Gasteiger partial charge on any atom is 0.340 e. The third-order valence-electron chi connectivity index (χ3n) is 5.49. The maximum atomic E-state index is 12.6. The molecule has 4 rings (SSSR count). The van der Waals surface area contributed by atoms with Crippen LogP contribution >= 0.6 is 0 Å². The van der Waals surface area contributed by atoms with Gasteiger partial charge in [-0.25, -0.2) is 4.79 Å². The van der Waals surface area contributed by atoms with Crippen molar-refractivity contribution >= 4 is 16.7 Å². The second-order valence-corrected chi connectivity index (χ2v) is 7.69. The summed E-state index contributed by atoms with van der Waals surface area (Å²) in [4.78, 5) is 17.2. The van der Waals surface area contributed by atoms with Crippen LogP contribution in [0.4, 0.5) is 0 Å². The van der Waals surface area contributed by atoms with Gasteiger partial charge in [0.2, 0.25) is 0 Å². The third kappa shape index (κ3) is 5.12. The van der Waals surface area contributed by atoms with E-state index < -0.39 is 5.97 Å². The molecule has 0 radical (unpaired) electrons. The predicted octanol–water partition coefficient (Wildman–Crippen LogP) is 5.60. The minimum atomic E-state index is -0.421. The van der Waals surface area contributed by atoms with E-state index in [1.54, 1.807) is 33.4 Å². The molecular weight excluding hydrogens is 430 g/mol. The molecule has 0 unspecified atom stereocenters. The Morgan fingerprint density at radius 2 is 1.56 bits per heavy atom. The van der Waals surface area contributed by atoms with Crippen molar-refractivity contribution in [3.8, 4) is 17.2 Å². The minimum Gasteiger partial charge on any atom is -0.493 e. The molecule has 0 saturated heterocycles. The molecule has 0 N–H and O–H groups in total. The number of nitrogens with zero attached hydrogens (tertiary/aromatic N) is 1. The zero-order chi connectivity index (χ0) is 23.9. The van der Waals surface area contributed by atoms with Gasteiger partial charge in [0.05, 0.1) is 32.1 Å². The Kier molecular flexibility index (Phi) is 7.28. The fraction of sp³-hybridized carbons (Fsp3) is 0.214. The first-order chi connectivity index (χ1) is 16.6. The first-order valence-corrected chi connectivity index (χ1v) is 11.1. The van der Waals surface area contributed by atoms with Gasteiger partial charge in [-0.2, -0.15) is 0 Å². The highest BCUT2D eigenvalue weighted by Gasteiger charge is 2.18. The molecule has 0 spiro atoms. The number of carbonyl (C=O) groups excluding carboxylic acids is 1. The molecule has 4 aromatic rings. The number of esters is 1. The van der Waals surface area contributed by atoms with Crippen molar-refractivity contribution in [2.45, 2.75) is 20.0 Å². The van der Waals surface area contributed by atoms with Crippen LogP contribution in [0.1, 0.15) is 34.1 Å². The van der Waals surface area contributed by atoms with Crippen LogP contribution in [0.2, 0.25) is 0 Å². The van der Waals surface area contributed by atoms with Crippen molar-refractivity contribution < 1.29 is 23.7 Å². The molecule has 0 aliphatic heterocycles. The second kappa shape index (κ2) is 10.7. The topological polar surface area (TPSA) is 66.9 Å². The van der Waals surface area contributed by atoms with E-state index in [-0.39, 0.29) is 6.61 Å². The number of rotatable bonds is 9. The maximum absolute atomic E-state index is 12.6. The molecule has 0 saturated carbocycles. The molecule has 0 aliphatic carbocycles. The molecule has 6 nitrogen and oxygen atoms in total. The van der Waals surface area contributed by atoms with Crippen LogP contribution in [0.25, 0.3) is 10.8 Å². The predicted molar refractivity (Wildman–Crippen MR) is 131 cm³/mol. The Balaban J connectivity index is 1.67. The van der Waals surface area contributed by atoms with E-state index in [0.29, 0.717) is 35.5 Å². The molecule has 0 aliphatic rings. The summed E-state index contributed by atoms with van der Waals surface area (Å²) in [5.74, 6) is 1.47. The zero-order valence-electron chi connectivity index (χ0n) is 19.5. The summed E-state index contributed by atoms with van der Waals surface area (Å²) in [6.45, 7) is 2.56. The van der Waals surface area contributed by atoms with Gasteiger partial charge < -0.3 is 18.9 Å². The van der Waals surface area contributed by atoms with Crippen LogP contribution < -0.4 is 14.2 Å². The number of benzene rings is 3. The molecule has 174 valence electrons. The number of aromatic nitrogens is 1. The van der Waals surface area contributed by atoms with E-state index in [0.717, 1.165) is 28.0 Å². The van der Waals surface area contributed by atoms with Gasteiger partial charge >= 0.3 is 5.97 Å². The average molecular weight is 458 g/mol. The Hall–Kier alpha value is -4.06. The van der Waals surface area contributed by atoms with Crippen LogP contribution in [-0.2, 0) is 17.8 Å². The number of fused-ring (bicyclic) bond motifs is 1. The summed E-state index contributed by atoms with van der Waals surface area (Å²) in [7, 11) is 3.15. The fourth-order valence-electron chi connectivity index (χ4n) is 3.81. The summed E-state index contributed by atoms with van der Waals surface area (Å²) >= 11 is 0. The lowest BCUT2D eigenvalue weighted by atomic mass is 10.00. The summed E-state index contributed by atoms with van der Waals surface area (Å²) in [6, 6.07) is 21.6. The first kappa shape index (κ1) is 23.1. The van der Waals surface area contributed by atoms with Crippen molar-refractivity contribution in [2.75, 3.05) is 20.8 Å². The van der Waals surface area contributed by atoms with Crippen molar-refractivity contribution in [3.05, 3.63) is 95.3 Å². The van der Waals surface area contributed by atoms with Crippen molar-refractivity contribution in [1.82, 2.24) is 4.98 Å². The van der Waals surface area contributed by atoms with Gasteiger partial charge in [0, 0.05) is 23.4 Å². The van der Waals surface area contributed by atoms with E-state index in [1.165, 1.54) is 0 Å². The normalized spacial score (nSPS) is 10.7. The fourth-order valence-corrected chi connectivity index (χ4v) is 3.81. The van der Waals surface area contributed by atoms with Gasteiger partial charge in [-0.05, 0) is 42.3 Å². The van der Waals surface area contributed by atoms with E-state index in [2.05, 4.69) is 4.98 Å². The Morgan fingerprint density at radius 3 is 2.26 bits per heavy atom. The highest BCUT2D eigenvalue weighted by molar-refractivity contribution is 6.05. The molecule has 0 amide bonds. The van der Waals surface area contributed by atoms with E-state index in [4.69, 9.17) is 18.9 Å². The molecule has 1 aromatic heterocycles. The van der Waals surface area contributed by atoms with Crippen molar-refractivity contribution in [1.29, 1.82) is 0 Å². The molecule has 1 heterocycles. The number of hydrogen-bond acceptors (Lipinski definition) is 6. The highest BCUT2D eigenvalue weighted by atomic mass is 16.5. The Labute approximate surface area is 199 Å². The van der Waals surface area contributed by atoms with Gasteiger partial charge in [-0.15, -0.1) is 0 Å². The van der Waals surface area contributed by atoms with E-state index >= 15 is 0 Å². The monoisotopic (exact) mass is 457 g/mol. The van der Waals surface area contributed by atoms with Crippen molar-refractivity contribution in [2.24, 2.45) is 0 Å². The highest BCUT2D eigenvalue weighted by Crippen LogP contribution is 2.35. The number of carbonyl (C=O) groups is 1. The molecule has 34 heavy (non-hydrogen) atoms. The first-order valence-electron chi connectivity index (χ1n) is 11.1. The van der Waals surface area contributed by atoms with Crippen LogP contribution in [0.5, 0.6) is 17.2 Å². The number of methoxy groups -OCH3 is 2. The summed E-state index contributed by atoms with van der Waals surface area (Å²) in [6.07, 6.45) is 2.12. The summed E-state index contributed by atoms with van der Waals surface area (Å²) in [5.41, 5.74) is 3.35. The quantitative estimate of drug-likeness (QED) is 0.305. The van der Waals surface area contributed by atoms with Crippen molar-refractivity contribution in [3.63, 3.8) is 0 Å². The third-order valence-corrected chi connectivity index (χ3v) is 5.49. The summed E-state index contributed by atoms with van der Waals surface area (Å²) < 4.78 is 22.2. The standard InChI is InChI=1S/C28H27NO5/c1-4-33-28(30)24-17-29-25(23-16-27(32-3)26(31-2)15-22(23)24)14-20-11-8-12-21(13-20)34-18-19-9-6-5-7-10-19/h5-13,15-17H,4,14,18H2,1-3H3. The summed E-state index contributed by atoms with van der Waals surface area (Å²) in [5, 5.41) is 1.51. The number of pyridine rings is 1. The van der Waals surface area contributed by atoms with Gasteiger partial charge in [0.1, 0.15) is 12.4 Å². The lowest BCUT2D eigenvalue weighted by molar-refractivity contribution is 0.0528. The number of ether oxygens (including phenoxy) is 4. The van der Waals surface area contributed by atoms with Gasteiger partial charge in [-0.3, -0.25) is 4.98 Å². The van der Waals surface area contributed by atoms with Crippen LogP contribution in [-0.4, -0.2) is 31.8 Å². The number of hydrogen-bond donors (Lipinski definition) is 0. The van der Waals surface area contributed by atoms with Crippen LogP contribution in [0, 0.1) is 0 Å². The molecule has 3 aromatic carbocycles. The minimum absolute atomic E-state index is 0.283. The SMILES string of the molecule is CCOC(=O)c1cnc(Cc2cccc(OCc3ccccc3)c2)c2cc(OC)c(OC)cc12. The molecular formula is C28H27NO5. The Morgan fingerprint density at radius 1 is 0.853 bits per heavy atom. The Bertz CT molecular complexity index is 1290. The second-order valence-electron chi connectivity index (χ2n) is 7.69. The lowest BCUT2D eigenvalue weighted by Gasteiger charge is -2.14. The van der Waals surface area contributed by atoms with Gasteiger partial charge in [-0.1, -0.05) is 42.5 Å². The van der Waals surface area contributed by atoms with E-state index in [9.17, 15) is 4.79 Å². The largest absolute Gasteiger partial charge is 0.493 e. The smallest absolute Gasteiger partial charge is 0.340 e. The van der Waals surface area contributed by atoms with Gasteiger partial charge in [0.15, 0.2) is 11.5 Å². The van der Waals surface area contributed by atoms with Crippen LogP contribution in [0.15, 0.2) is 72.9 Å². The molecule has 0 bridgehead atoms. The van der Waals surface area contributed by atoms with E-state index in [1.807, 2.05) is 60.7 Å². The van der Waals surface area contributed by atoms with Gasteiger partial charge in [0.25, 0.3) is 0 Å². The molecule has 0 atom stereocenters. The van der Waals surface area contributed by atoms with Crippen LogP contribution in [0.3, 0.4) is 0 Å².